The molecule has 0 radical (unpaired) electrons. The van der Waals surface area contributed by atoms with Gasteiger partial charge in [0.05, 0.1) is 5.69 Å². The van der Waals surface area contributed by atoms with Crippen LogP contribution in [0.3, 0.4) is 0 Å². The van der Waals surface area contributed by atoms with Crippen LogP contribution in [0.5, 0.6) is 0 Å². The van der Waals surface area contributed by atoms with Gasteiger partial charge in [0.2, 0.25) is 5.91 Å². The average Bonchev–Trinajstić information content (AvgIpc) is 2.20. The number of halogens is 1. The first-order valence-corrected chi connectivity index (χ1v) is 5.44. The number of carbonyl (C=O) groups is 1. The van der Waals surface area contributed by atoms with Crippen molar-refractivity contribution < 1.29 is 9.18 Å². The van der Waals surface area contributed by atoms with Gasteiger partial charge in [-0.3, -0.25) is 4.79 Å². The van der Waals surface area contributed by atoms with Crippen LogP contribution in [0.15, 0.2) is 18.2 Å². The van der Waals surface area contributed by atoms with Crippen LogP contribution in [0.4, 0.5) is 10.1 Å². The van der Waals surface area contributed by atoms with Gasteiger partial charge in [0.1, 0.15) is 5.82 Å². The summed E-state index contributed by atoms with van der Waals surface area (Å²) in [5.41, 5.74) is 1.14. The summed E-state index contributed by atoms with van der Waals surface area (Å²) in [6, 6.07) is 4.97. The van der Waals surface area contributed by atoms with Crippen LogP contribution in [0.25, 0.3) is 0 Å². The lowest BCUT2D eigenvalue weighted by Crippen LogP contribution is -2.16. The number of anilines is 1. The zero-order valence-electron chi connectivity index (χ0n) is 10.2. The third kappa shape index (κ3) is 2.81. The fourth-order valence-electron chi connectivity index (χ4n) is 1.43. The first-order valence-electron chi connectivity index (χ1n) is 5.44. The lowest BCUT2D eigenvalue weighted by Gasteiger charge is -2.23. The average molecular weight is 223 g/mol. The molecule has 0 aliphatic carbocycles. The van der Waals surface area contributed by atoms with Crippen molar-refractivity contribution in [2.75, 3.05) is 5.32 Å². The Balaban J connectivity index is 3.04. The third-order valence-electron chi connectivity index (χ3n) is 2.95. The summed E-state index contributed by atoms with van der Waals surface area (Å²) in [4.78, 5) is 10.8. The highest BCUT2D eigenvalue weighted by molar-refractivity contribution is 5.88. The Hall–Kier alpha value is -1.38. The minimum atomic E-state index is -0.380. The summed E-state index contributed by atoms with van der Waals surface area (Å²) in [6.07, 6.45) is 0.936. The van der Waals surface area contributed by atoms with Crippen molar-refractivity contribution in [2.45, 2.75) is 39.5 Å². The molecule has 3 heteroatoms. The molecule has 88 valence electrons. The summed E-state index contributed by atoms with van der Waals surface area (Å²) in [7, 11) is 0. The van der Waals surface area contributed by atoms with E-state index in [9.17, 15) is 9.18 Å². The topological polar surface area (TPSA) is 29.1 Å². The van der Waals surface area contributed by atoms with Gasteiger partial charge in [-0.1, -0.05) is 26.8 Å². The van der Waals surface area contributed by atoms with E-state index in [4.69, 9.17) is 0 Å². The van der Waals surface area contributed by atoms with Gasteiger partial charge in [0.25, 0.3) is 0 Å². The molecule has 0 bridgehead atoms. The number of amides is 1. The van der Waals surface area contributed by atoms with Crippen LogP contribution in [0.2, 0.25) is 0 Å². The molecule has 1 N–H and O–H groups in total. The molecule has 1 aromatic carbocycles. The fourth-order valence-corrected chi connectivity index (χ4v) is 1.43. The van der Waals surface area contributed by atoms with Crippen molar-refractivity contribution >= 4 is 11.6 Å². The van der Waals surface area contributed by atoms with Gasteiger partial charge in [0.15, 0.2) is 0 Å². The van der Waals surface area contributed by atoms with E-state index in [2.05, 4.69) is 26.1 Å². The molecule has 0 aliphatic heterocycles. The van der Waals surface area contributed by atoms with Crippen LogP contribution in [0, 0.1) is 5.82 Å². The molecule has 1 rings (SSSR count). The van der Waals surface area contributed by atoms with Crippen molar-refractivity contribution in [3.05, 3.63) is 29.6 Å². The lowest BCUT2D eigenvalue weighted by molar-refractivity contribution is -0.114. The molecule has 0 atom stereocenters. The molecule has 0 saturated heterocycles. The molecule has 0 heterocycles. The van der Waals surface area contributed by atoms with Crippen molar-refractivity contribution in [3.63, 3.8) is 0 Å². The van der Waals surface area contributed by atoms with E-state index in [0.717, 1.165) is 12.0 Å². The molecule has 0 aromatic heterocycles. The molecule has 1 amide bonds. The van der Waals surface area contributed by atoms with Crippen LogP contribution < -0.4 is 5.32 Å². The van der Waals surface area contributed by atoms with E-state index < -0.39 is 0 Å². The molecule has 16 heavy (non-hydrogen) atoms. The summed E-state index contributed by atoms with van der Waals surface area (Å²) in [5, 5.41) is 2.46. The van der Waals surface area contributed by atoms with Gasteiger partial charge >= 0.3 is 0 Å². The van der Waals surface area contributed by atoms with E-state index in [1.807, 2.05) is 6.07 Å². The number of hydrogen-bond acceptors (Lipinski definition) is 1. The summed E-state index contributed by atoms with van der Waals surface area (Å²) >= 11 is 0. The Bertz CT molecular complexity index is 399. The molecule has 1 aromatic rings. The predicted molar refractivity (Wildman–Crippen MR) is 64.0 cm³/mol. The Kier molecular flexibility index (Phi) is 3.68. The Morgan fingerprint density at radius 3 is 2.50 bits per heavy atom. The van der Waals surface area contributed by atoms with Gasteiger partial charge in [0, 0.05) is 6.92 Å². The Morgan fingerprint density at radius 1 is 1.44 bits per heavy atom. The molecule has 2 nitrogen and oxygen atoms in total. The zero-order chi connectivity index (χ0) is 12.3. The number of rotatable bonds is 3. The third-order valence-corrected chi connectivity index (χ3v) is 2.95. The smallest absolute Gasteiger partial charge is 0.221 e. The highest BCUT2D eigenvalue weighted by atomic mass is 19.1. The summed E-state index contributed by atoms with van der Waals surface area (Å²) < 4.78 is 13.7. The summed E-state index contributed by atoms with van der Waals surface area (Å²) in [6.45, 7) is 7.57. The molecule has 0 unspecified atom stereocenters. The van der Waals surface area contributed by atoms with E-state index in [1.54, 1.807) is 6.07 Å². The van der Waals surface area contributed by atoms with Crippen molar-refractivity contribution in [1.29, 1.82) is 0 Å². The van der Waals surface area contributed by atoms with Crippen LogP contribution in [-0.2, 0) is 10.2 Å². The molecule has 0 fully saturated rings. The lowest BCUT2D eigenvalue weighted by atomic mass is 9.82. The molecule has 0 aliphatic rings. The Labute approximate surface area is 95.9 Å². The van der Waals surface area contributed by atoms with E-state index in [1.165, 1.54) is 13.0 Å². The maximum Gasteiger partial charge on any atom is 0.221 e. The number of carbonyl (C=O) groups excluding carboxylic acids is 1. The molecule has 0 spiro atoms. The van der Waals surface area contributed by atoms with Crippen molar-refractivity contribution in [2.24, 2.45) is 0 Å². The number of benzene rings is 1. The predicted octanol–water partition coefficient (Wildman–Crippen LogP) is 3.47. The van der Waals surface area contributed by atoms with Crippen molar-refractivity contribution in [3.8, 4) is 0 Å². The van der Waals surface area contributed by atoms with Gasteiger partial charge in [-0.2, -0.15) is 0 Å². The first kappa shape index (κ1) is 12.7. The van der Waals surface area contributed by atoms with E-state index in [0.29, 0.717) is 0 Å². The van der Waals surface area contributed by atoms with E-state index in [-0.39, 0.29) is 22.8 Å². The minimum Gasteiger partial charge on any atom is -0.324 e. The highest BCUT2D eigenvalue weighted by Gasteiger charge is 2.19. The van der Waals surface area contributed by atoms with E-state index >= 15 is 0 Å². The second-order valence-corrected chi connectivity index (χ2v) is 4.61. The Morgan fingerprint density at radius 2 is 2.06 bits per heavy atom. The van der Waals surface area contributed by atoms with Gasteiger partial charge in [-0.15, -0.1) is 0 Å². The summed E-state index contributed by atoms with van der Waals surface area (Å²) in [5.74, 6) is -0.643. The fraction of sp³-hybridized carbons (Fsp3) is 0.462. The number of nitrogens with one attached hydrogen (secondary N) is 1. The van der Waals surface area contributed by atoms with Crippen LogP contribution >= 0.6 is 0 Å². The normalized spacial score (nSPS) is 11.3. The SMILES string of the molecule is CCC(C)(C)c1ccc(NC(C)=O)c(F)c1. The largest absolute Gasteiger partial charge is 0.324 e. The quantitative estimate of drug-likeness (QED) is 0.835. The molecular weight excluding hydrogens is 205 g/mol. The molecule has 0 saturated carbocycles. The monoisotopic (exact) mass is 223 g/mol. The molecular formula is C13H18FNO. The van der Waals surface area contributed by atoms with Gasteiger partial charge in [-0.05, 0) is 29.5 Å². The highest BCUT2D eigenvalue weighted by Crippen LogP contribution is 2.29. The number of hydrogen-bond donors (Lipinski definition) is 1. The van der Waals surface area contributed by atoms with Crippen LogP contribution in [0.1, 0.15) is 39.7 Å². The van der Waals surface area contributed by atoms with Gasteiger partial charge in [-0.25, -0.2) is 4.39 Å². The minimum absolute atomic E-state index is 0.0460. The maximum atomic E-state index is 13.7. The van der Waals surface area contributed by atoms with Gasteiger partial charge < -0.3 is 5.32 Å². The second kappa shape index (κ2) is 4.64. The van der Waals surface area contributed by atoms with Crippen molar-refractivity contribution in [1.82, 2.24) is 0 Å². The second-order valence-electron chi connectivity index (χ2n) is 4.61. The zero-order valence-corrected chi connectivity index (χ0v) is 10.2. The maximum absolute atomic E-state index is 13.7. The standard InChI is InChI=1S/C13H18FNO/c1-5-13(3,4)10-6-7-12(11(14)8-10)15-9(2)16/h6-8H,5H2,1-4H3,(H,15,16). The van der Waals surface area contributed by atoms with Crippen LogP contribution in [-0.4, -0.2) is 5.91 Å². The first-order chi connectivity index (χ1) is 7.36.